The van der Waals surface area contributed by atoms with Crippen molar-refractivity contribution in [1.29, 1.82) is 0 Å². The Kier molecular flexibility index (Phi) is 5.56. The van der Waals surface area contributed by atoms with Gasteiger partial charge in [-0.1, -0.05) is 19.3 Å². The van der Waals surface area contributed by atoms with Crippen LogP contribution in [0.5, 0.6) is 0 Å². The van der Waals surface area contributed by atoms with Crippen LogP contribution in [0.15, 0.2) is 18.2 Å². The van der Waals surface area contributed by atoms with E-state index in [9.17, 15) is 9.18 Å². The van der Waals surface area contributed by atoms with Gasteiger partial charge in [0.05, 0.1) is 12.3 Å². The molecule has 1 aliphatic carbocycles. The number of carbonyl (C=O) groups excluding carboxylic acids is 1. The fourth-order valence-electron chi connectivity index (χ4n) is 2.58. The molecule has 0 saturated heterocycles. The van der Waals surface area contributed by atoms with E-state index >= 15 is 0 Å². The Morgan fingerprint density at radius 3 is 2.86 bits per heavy atom. The third-order valence-corrected chi connectivity index (χ3v) is 3.92. The van der Waals surface area contributed by atoms with Crippen molar-refractivity contribution in [3.63, 3.8) is 0 Å². The number of carbonyl (C=O) groups is 1. The average Bonchev–Trinajstić information content (AvgIpc) is 2.49. The third-order valence-electron chi connectivity index (χ3n) is 3.92. The van der Waals surface area contributed by atoms with Crippen LogP contribution in [0.4, 0.5) is 15.8 Å². The van der Waals surface area contributed by atoms with Gasteiger partial charge in [-0.05, 0) is 43.9 Å². The molecule has 0 aromatic heterocycles. The minimum atomic E-state index is -0.604. The zero-order chi connectivity index (χ0) is 15.2. The number of rotatable bonds is 5. The Morgan fingerprint density at radius 1 is 1.43 bits per heavy atom. The summed E-state index contributed by atoms with van der Waals surface area (Å²) in [6, 6.07) is 4.09. The Hall–Kier alpha value is -1.62. The van der Waals surface area contributed by atoms with Crippen molar-refractivity contribution in [2.75, 3.05) is 17.7 Å². The molecule has 1 saturated carbocycles. The molecule has 116 valence electrons. The van der Waals surface area contributed by atoms with Crippen LogP contribution < -0.4 is 11.1 Å². The van der Waals surface area contributed by atoms with E-state index in [0.717, 1.165) is 12.8 Å². The summed E-state index contributed by atoms with van der Waals surface area (Å²) in [6.07, 6.45) is 5.50. The van der Waals surface area contributed by atoms with Crippen molar-refractivity contribution in [2.24, 2.45) is 5.92 Å². The Morgan fingerprint density at radius 2 is 2.14 bits per heavy atom. The predicted molar refractivity (Wildman–Crippen MR) is 81.4 cm³/mol. The van der Waals surface area contributed by atoms with Gasteiger partial charge in [0.15, 0.2) is 0 Å². The normalized spacial score (nSPS) is 17.4. The summed E-state index contributed by atoms with van der Waals surface area (Å²) in [7, 11) is 0. The lowest BCUT2D eigenvalue weighted by molar-refractivity contribution is -0.127. The minimum Gasteiger partial charge on any atom is -0.399 e. The van der Waals surface area contributed by atoms with Crippen LogP contribution >= 0.6 is 0 Å². The molecular weight excluding hydrogens is 271 g/mol. The van der Waals surface area contributed by atoms with Crippen molar-refractivity contribution < 1.29 is 13.9 Å². The molecule has 0 bridgehead atoms. The van der Waals surface area contributed by atoms with Crippen molar-refractivity contribution >= 4 is 17.3 Å². The van der Waals surface area contributed by atoms with E-state index in [1.165, 1.54) is 37.5 Å². The number of hydrogen-bond acceptors (Lipinski definition) is 3. The zero-order valence-electron chi connectivity index (χ0n) is 12.4. The molecule has 1 atom stereocenters. The molecule has 0 spiro atoms. The Bertz CT molecular complexity index is 487. The molecule has 2 rings (SSSR count). The first-order valence-corrected chi connectivity index (χ1v) is 7.53. The van der Waals surface area contributed by atoms with Crippen LogP contribution in [-0.2, 0) is 9.53 Å². The van der Waals surface area contributed by atoms with Crippen LogP contribution in [0.25, 0.3) is 0 Å². The van der Waals surface area contributed by atoms with E-state index < -0.39 is 11.9 Å². The topological polar surface area (TPSA) is 64.3 Å². The lowest BCUT2D eigenvalue weighted by atomic mass is 9.90. The maximum Gasteiger partial charge on any atom is 0.253 e. The second-order valence-corrected chi connectivity index (χ2v) is 5.71. The SMILES string of the molecule is CC(OCC1CCCCC1)C(=O)Nc1cc(N)ccc1F. The number of benzene rings is 1. The summed E-state index contributed by atoms with van der Waals surface area (Å²) >= 11 is 0. The molecule has 0 aliphatic heterocycles. The Balaban J connectivity index is 1.82. The summed E-state index contributed by atoms with van der Waals surface area (Å²) in [5.74, 6) is -0.314. The highest BCUT2D eigenvalue weighted by Crippen LogP contribution is 2.24. The summed E-state index contributed by atoms with van der Waals surface area (Å²) in [6.45, 7) is 2.27. The maximum absolute atomic E-state index is 13.6. The highest BCUT2D eigenvalue weighted by atomic mass is 19.1. The van der Waals surface area contributed by atoms with Gasteiger partial charge in [-0.3, -0.25) is 4.79 Å². The molecule has 0 radical (unpaired) electrons. The molecule has 1 unspecified atom stereocenters. The molecule has 3 N–H and O–H groups in total. The number of ether oxygens (including phenoxy) is 1. The molecule has 1 aromatic carbocycles. The number of hydrogen-bond donors (Lipinski definition) is 2. The van der Waals surface area contributed by atoms with E-state index in [-0.39, 0.29) is 11.6 Å². The third kappa shape index (κ3) is 4.70. The van der Waals surface area contributed by atoms with Crippen molar-refractivity contribution in [2.45, 2.75) is 45.1 Å². The largest absolute Gasteiger partial charge is 0.399 e. The second kappa shape index (κ2) is 7.41. The molecule has 1 fully saturated rings. The first-order valence-electron chi connectivity index (χ1n) is 7.53. The van der Waals surface area contributed by atoms with Gasteiger partial charge in [0.25, 0.3) is 5.91 Å². The van der Waals surface area contributed by atoms with Gasteiger partial charge in [-0.15, -0.1) is 0 Å². The van der Waals surface area contributed by atoms with Crippen molar-refractivity contribution in [3.8, 4) is 0 Å². The molecule has 21 heavy (non-hydrogen) atoms. The fourth-order valence-corrected chi connectivity index (χ4v) is 2.58. The molecule has 0 heterocycles. The van der Waals surface area contributed by atoms with E-state index in [1.54, 1.807) is 6.92 Å². The van der Waals surface area contributed by atoms with Crippen LogP contribution in [-0.4, -0.2) is 18.6 Å². The van der Waals surface area contributed by atoms with E-state index in [2.05, 4.69) is 5.32 Å². The number of anilines is 2. The quantitative estimate of drug-likeness (QED) is 0.819. The van der Waals surface area contributed by atoms with Crippen molar-refractivity contribution in [1.82, 2.24) is 0 Å². The van der Waals surface area contributed by atoms with Crippen molar-refractivity contribution in [3.05, 3.63) is 24.0 Å². The average molecular weight is 294 g/mol. The smallest absolute Gasteiger partial charge is 0.253 e. The van der Waals surface area contributed by atoms with E-state index in [4.69, 9.17) is 10.5 Å². The van der Waals surface area contributed by atoms with Crippen LogP contribution in [0.3, 0.4) is 0 Å². The monoisotopic (exact) mass is 294 g/mol. The number of nitrogen functional groups attached to an aromatic ring is 1. The number of nitrogens with two attached hydrogens (primary N) is 1. The standard InChI is InChI=1S/C16H23FN2O2/c1-11(21-10-12-5-3-2-4-6-12)16(20)19-15-9-13(18)7-8-14(15)17/h7-9,11-12H,2-6,10,18H2,1H3,(H,19,20). The van der Waals surface area contributed by atoms with Gasteiger partial charge in [0.2, 0.25) is 0 Å². The van der Waals surface area contributed by atoms with Crippen LogP contribution in [0.1, 0.15) is 39.0 Å². The van der Waals surface area contributed by atoms with Gasteiger partial charge in [-0.25, -0.2) is 4.39 Å². The summed E-state index contributed by atoms with van der Waals surface area (Å²) < 4.78 is 19.2. The van der Waals surface area contributed by atoms with Gasteiger partial charge < -0.3 is 15.8 Å². The zero-order valence-corrected chi connectivity index (χ0v) is 12.4. The highest BCUT2D eigenvalue weighted by molar-refractivity contribution is 5.94. The summed E-state index contributed by atoms with van der Waals surface area (Å²) in [4.78, 5) is 12.0. The second-order valence-electron chi connectivity index (χ2n) is 5.71. The highest BCUT2D eigenvalue weighted by Gasteiger charge is 2.19. The van der Waals surface area contributed by atoms with Gasteiger partial charge in [0, 0.05) is 5.69 Å². The number of nitrogens with one attached hydrogen (secondary N) is 1. The maximum atomic E-state index is 13.6. The molecular formula is C16H23FN2O2. The molecule has 5 heteroatoms. The minimum absolute atomic E-state index is 0.0908. The van der Waals surface area contributed by atoms with E-state index in [0.29, 0.717) is 18.2 Å². The van der Waals surface area contributed by atoms with Gasteiger partial charge in [-0.2, -0.15) is 0 Å². The summed E-state index contributed by atoms with van der Waals surface area (Å²) in [5.41, 5.74) is 6.08. The lowest BCUT2D eigenvalue weighted by Crippen LogP contribution is -2.30. The predicted octanol–water partition coefficient (Wildman–Crippen LogP) is 3.33. The van der Waals surface area contributed by atoms with Crippen LogP contribution in [0, 0.1) is 11.7 Å². The lowest BCUT2D eigenvalue weighted by Gasteiger charge is -2.23. The summed E-state index contributed by atoms with van der Waals surface area (Å²) in [5, 5.41) is 2.52. The molecule has 1 amide bonds. The van der Waals surface area contributed by atoms with Gasteiger partial charge in [0.1, 0.15) is 11.9 Å². The Labute approximate surface area is 124 Å². The van der Waals surface area contributed by atoms with Crippen LogP contribution in [0.2, 0.25) is 0 Å². The number of halogens is 1. The molecule has 1 aromatic rings. The molecule has 1 aliphatic rings. The van der Waals surface area contributed by atoms with E-state index in [1.807, 2.05) is 0 Å². The first kappa shape index (κ1) is 15.8. The number of amides is 1. The van der Waals surface area contributed by atoms with Gasteiger partial charge >= 0.3 is 0 Å². The fraction of sp³-hybridized carbons (Fsp3) is 0.562. The first-order chi connectivity index (χ1) is 10.1. The molecule has 4 nitrogen and oxygen atoms in total.